The smallest absolute Gasteiger partial charge is 0.255 e. The molecule has 0 fully saturated rings. The number of amides is 1. The third-order valence-electron chi connectivity index (χ3n) is 3.58. The van der Waals surface area contributed by atoms with Gasteiger partial charge in [0.05, 0.1) is 12.7 Å². The van der Waals surface area contributed by atoms with Gasteiger partial charge >= 0.3 is 0 Å². The molecule has 1 N–H and O–H groups in total. The Hall–Kier alpha value is -2.31. The first-order valence-electron chi connectivity index (χ1n) is 7.33. The summed E-state index contributed by atoms with van der Waals surface area (Å²) in [5, 5.41) is 9.74. The number of methoxy groups -OCH3 is 1. The van der Waals surface area contributed by atoms with Crippen molar-refractivity contribution < 1.29 is 9.53 Å². The summed E-state index contributed by atoms with van der Waals surface area (Å²) in [5.74, 6) is 0.256. The Labute approximate surface area is 148 Å². The second kappa shape index (κ2) is 7.51. The number of nitrogens with one attached hydrogen (secondary N) is 1. The molecule has 7 heteroatoms. The van der Waals surface area contributed by atoms with Gasteiger partial charge in [0.1, 0.15) is 11.8 Å². The maximum absolute atomic E-state index is 12.5. The average Bonchev–Trinajstić information content (AvgIpc) is 3.29. The number of rotatable bonds is 6. The van der Waals surface area contributed by atoms with E-state index in [0.717, 1.165) is 4.88 Å². The van der Waals surface area contributed by atoms with Crippen molar-refractivity contribution in [1.82, 2.24) is 15.1 Å². The van der Waals surface area contributed by atoms with E-state index in [1.165, 1.54) is 7.11 Å². The van der Waals surface area contributed by atoms with Gasteiger partial charge in [0.2, 0.25) is 0 Å². The van der Waals surface area contributed by atoms with Gasteiger partial charge in [-0.1, -0.05) is 17.7 Å². The summed E-state index contributed by atoms with van der Waals surface area (Å²) in [6, 6.07) is 10.8. The molecule has 5 nitrogen and oxygen atoms in total. The third-order valence-corrected chi connectivity index (χ3v) is 4.79. The highest BCUT2D eigenvalue weighted by molar-refractivity contribution is 7.10. The Morgan fingerprint density at radius 2 is 2.29 bits per heavy atom. The van der Waals surface area contributed by atoms with Crippen LogP contribution in [0.3, 0.4) is 0 Å². The van der Waals surface area contributed by atoms with Crippen LogP contribution >= 0.6 is 22.9 Å². The van der Waals surface area contributed by atoms with Crippen molar-refractivity contribution in [2.75, 3.05) is 13.7 Å². The molecule has 2 heterocycles. The number of thiophene rings is 1. The molecule has 0 bridgehead atoms. The number of halogens is 1. The van der Waals surface area contributed by atoms with Crippen LogP contribution < -0.4 is 10.1 Å². The molecular weight excluding hydrogens is 346 g/mol. The van der Waals surface area contributed by atoms with Crippen LogP contribution in [0.5, 0.6) is 5.75 Å². The molecule has 124 valence electrons. The lowest BCUT2D eigenvalue weighted by atomic mass is 10.1. The highest BCUT2D eigenvalue weighted by atomic mass is 35.5. The van der Waals surface area contributed by atoms with E-state index < -0.39 is 0 Å². The van der Waals surface area contributed by atoms with Gasteiger partial charge in [-0.2, -0.15) is 5.10 Å². The number of carbonyl (C=O) groups is 1. The quantitative estimate of drug-likeness (QED) is 0.729. The molecule has 1 amide bonds. The SMILES string of the molecule is COc1ccc(Cl)cc1C(=O)NCC(c1cccs1)n1cccn1. The number of hydrogen-bond acceptors (Lipinski definition) is 4. The molecule has 1 unspecified atom stereocenters. The lowest BCUT2D eigenvalue weighted by molar-refractivity contribution is 0.0946. The fourth-order valence-corrected chi connectivity index (χ4v) is 3.40. The van der Waals surface area contributed by atoms with Gasteiger partial charge in [0.25, 0.3) is 5.91 Å². The van der Waals surface area contributed by atoms with Crippen LogP contribution in [0.4, 0.5) is 0 Å². The molecule has 0 radical (unpaired) electrons. The van der Waals surface area contributed by atoms with Crippen LogP contribution in [0.25, 0.3) is 0 Å². The Bertz CT molecular complexity index is 769. The summed E-state index contributed by atoms with van der Waals surface area (Å²) in [6.07, 6.45) is 3.61. The molecule has 0 saturated carbocycles. The van der Waals surface area contributed by atoms with E-state index in [0.29, 0.717) is 22.9 Å². The molecule has 0 aliphatic heterocycles. The molecule has 1 aromatic carbocycles. The van der Waals surface area contributed by atoms with Gasteiger partial charge in [-0.05, 0) is 35.7 Å². The van der Waals surface area contributed by atoms with Crippen LogP contribution in [0, 0.1) is 0 Å². The number of aromatic nitrogens is 2. The molecule has 0 spiro atoms. The first-order chi connectivity index (χ1) is 11.7. The third kappa shape index (κ3) is 3.60. The van der Waals surface area contributed by atoms with Crippen molar-refractivity contribution in [3.05, 3.63) is 69.6 Å². The zero-order chi connectivity index (χ0) is 16.9. The zero-order valence-corrected chi connectivity index (χ0v) is 14.6. The highest BCUT2D eigenvalue weighted by Crippen LogP contribution is 2.24. The molecule has 0 saturated heterocycles. The van der Waals surface area contributed by atoms with Crippen molar-refractivity contribution in [2.45, 2.75) is 6.04 Å². The van der Waals surface area contributed by atoms with Gasteiger partial charge in [0.15, 0.2) is 0 Å². The van der Waals surface area contributed by atoms with Crippen LogP contribution in [0.15, 0.2) is 54.2 Å². The minimum absolute atomic E-state index is 0.0610. The average molecular weight is 362 g/mol. The van der Waals surface area contributed by atoms with Gasteiger partial charge in [-0.3, -0.25) is 9.48 Å². The Kier molecular flexibility index (Phi) is 5.17. The fourth-order valence-electron chi connectivity index (χ4n) is 2.41. The predicted octanol–water partition coefficient (Wildman–Crippen LogP) is 3.63. The van der Waals surface area contributed by atoms with E-state index >= 15 is 0 Å². The normalized spacial score (nSPS) is 11.9. The number of hydrogen-bond donors (Lipinski definition) is 1. The number of carbonyl (C=O) groups excluding carboxylic acids is 1. The van der Waals surface area contributed by atoms with Gasteiger partial charge in [-0.25, -0.2) is 0 Å². The molecule has 24 heavy (non-hydrogen) atoms. The summed E-state index contributed by atoms with van der Waals surface area (Å²) >= 11 is 7.62. The van der Waals surface area contributed by atoms with E-state index in [2.05, 4.69) is 10.4 Å². The summed E-state index contributed by atoms with van der Waals surface area (Å²) in [6.45, 7) is 0.413. The maximum atomic E-state index is 12.5. The van der Waals surface area contributed by atoms with Crippen molar-refractivity contribution in [3.8, 4) is 5.75 Å². The predicted molar refractivity (Wildman–Crippen MR) is 95.0 cm³/mol. The van der Waals surface area contributed by atoms with Crippen LogP contribution in [-0.4, -0.2) is 29.3 Å². The second-order valence-electron chi connectivity index (χ2n) is 5.07. The van der Waals surface area contributed by atoms with Gasteiger partial charge in [0, 0.05) is 28.8 Å². The minimum Gasteiger partial charge on any atom is -0.496 e. The fraction of sp³-hybridized carbons (Fsp3) is 0.176. The zero-order valence-electron chi connectivity index (χ0n) is 13.0. The van der Waals surface area contributed by atoms with Gasteiger partial charge in [-0.15, -0.1) is 11.3 Å². The van der Waals surface area contributed by atoms with E-state index in [1.807, 2.05) is 34.5 Å². The molecule has 0 aliphatic carbocycles. The summed E-state index contributed by atoms with van der Waals surface area (Å²) in [4.78, 5) is 13.7. The van der Waals surface area contributed by atoms with Crippen LogP contribution in [0.1, 0.15) is 21.3 Å². The van der Waals surface area contributed by atoms with E-state index in [4.69, 9.17) is 16.3 Å². The molecule has 3 aromatic rings. The van der Waals surface area contributed by atoms with Gasteiger partial charge < -0.3 is 10.1 Å². The topological polar surface area (TPSA) is 56.1 Å². The Morgan fingerprint density at radius 1 is 1.42 bits per heavy atom. The Balaban J connectivity index is 1.78. The number of nitrogens with zero attached hydrogens (tertiary/aromatic N) is 2. The highest BCUT2D eigenvalue weighted by Gasteiger charge is 2.18. The standard InChI is InChI=1S/C17H16ClN3O2S/c1-23-15-6-5-12(18)10-13(15)17(22)19-11-14(16-4-2-9-24-16)21-8-3-7-20-21/h2-10,14H,11H2,1H3,(H,19,22). The first-order valence-corrected chi connectivity index (χ1v) is 8.59. The Morgan fingerprint density at radius 3 is 2.96 bits per heavy atom. The summed E-state index contributed by atoms with van der Waals surface area (Å²) in [7, 11) is 1.53. The van der Waals surface area contributed by atoms with Crippen molar-refractivity contribution in [1.29, 1.82) is 0 Å². The summed E-state index contributed by atoms with van der Waals surface area (Å²) < 4.78 is 7.07. The molecular formula is C17H16ClN3O2S. The van der Waals surface area contributed by atoms with Crippen molar-refractivity contribution >= 4 is 28.8 Å². The molecule has 0 aliphatic rings. The molecule has 3 rings (SSSR count). The minimum atomic E-state index is -0.233. The van der Waals surface area contributed by atoms with E-state index in [1.54, 1.807) is 35.7 Å². The van der Waals surface area contributed by atoms with E-state index in [-0.39, 0.29) is 11.9 Å². The lowest BCUT2D eigenvalue weighted by Gasteiger charge is -2.17. The van der Waals surface area contributed by atoms with Crippen LogP contribution in [-0.2, 0) is 0 Å². The number of ether oxygens (including phenoxy) is 1. The van der Waals surface area contributed by atoms with Crippen molar-refractivity contribution in [3.63, 3.8) is 0 Å². The molecule has 1 atom stereocenters. The van der Waals surface area contributed by atoms with Crippen molar-refractivity contribution in [2.24, 2.45) is 0 Å². The summed E-state index contributed by atoms with van der Waals surface area (Å²) in [5.41, 5.74) is 0.412. The van der Waals surface area contributed by atoms with E-state index in [9.17, 15) is 4.79 Å². The molecule has 2 aromatic heterocycles. The second-order valence-corrected chi connectivity index (χ2v) is 6.49. The van der Waals surface area contributed by atoms with Crippen LogP contribution in [0.2, 0.25) is 5.02 Å². The largest absolute Gasteiger partial charge is 0.496 e. The number of benzene rings is 1. The first kappa shape index (κ1) is 16.5. The monoisotopic (exact) mass is 361 g/mol. The lowest BCUT2D eigenvalue weighted by Crippen LogP contribution is -2.31. The maximum Gasteiger partial charge on any atom is 0.255 e.